The molecule has 1 aromatic rings. The van der Waals surface area contributed by atoms with Gasteiger partial charge in [-0.05, 0) is 17.5 Å². The number of carbonyl (C=O) groups is 4. The van der Waals surface area contributed by atoms with Crippen molar-refractivity contribution in [2.45, 2.75) is 11.4 Å². The van der Waals surface area contributed by atoms with E-state index in [9.17, 15) is 24.3 Å². The number of nitrogens with one attached hydrogen (secondary N) is 1. The Morgan fingerprint density at radius 1 is 1.31 bits per heavy atom. The van der Waals surface area contributed by atoms with Crippen molar-refractivity contribution in [3.63, 3.8) is 0 Å². The molecular formula is C21H20N2O7S2. The molecule has 11 heteroatoms. The van der Waals surface area contributed by atoms with Crippen molar-refractivity contribution in [3.8, 4) is 5.75 Å². The van der Waals surface area contributed by atoms with Crippen molar-refractivity contribution < 1.29 is 33.8 Å². The Morgan fingerprint density at radius 3 is 2.75 bits per heavy atom. The van der Waals surface area contributed by atoms with Gasteiger partial charge in [-0.2, -0.15) is 0 Å². The number of thioether (sulfide) groups is 2. The first-order valence-corrected chi connectivity index (χ1v) is 11.3. The van der Waals surface area contributed by atoms with Gasteiger partial charge in [0.05, 0.1) is 0 Å². The van der Waals surface area contributed by atoms with Crippen molar-refractivity contribution in [2.75, 3.05) is 19.0 Å². The molecule has 0 radical (unpaired) electrons. The molecule has 32 heavy (non-hydrogen) atoms. The van der Waals surface area contributed by atoms with Crippen molar-refractivity contribution in [1.29, 1.82) is 0 Å². The highest BCUT2D eigenvalue weighted by Crippen LogP contribution is 2.43. The first kappa shape index (κ1) is 23.5. The van der Waals surface area contributed by atoms with Crippen LogP contribution >= 0.6 is 23.5 Å². The van der Waals surface area contributed by atoms with E-state index in [2.05, 4.69) is 11.9 Å². The van der Waals surface area contributed by atoms with Crippen LogP contribution in [0.1, 0.15) is 0 Å². The van der Waals surface area contributed by atoms with E-state index in [4.69, 9.17) is 9.47 Å². The predicted molar refractivity (Wildman–Crippen MR) is 120 cm³/mol. The molecule has 0 spiro atoms. The summed E-state index contributed by atoms with van der Waals surface area (Å²) in [5.41, 5.74) is -0.154. The number of hydrogen-bond acceptors (Lipinski definition) is 8. The SMILES string of the molecule is C=CCOC(=O)/C=C\SC1=C(C(=O)O)N2C(=O)[C@@H](NC(=O)COc3ccccc3)[C@H]2SC1. The van der Waals surface area contributed by atoms with Crippen LogP contribution in [0.15, 0.2) is 65.1 Å². The molecule has 2 heterocycles. The van der Waals surface area contributed by atoms with E-state index in [-0.39, 0.29) is 18.9 Å². The monoisotopic (exact) mass is 476 g/mol. The molecule has 2 atom stereocenters. The number of β-lactam (4-membered cyclic amide) rings is 1. The molecule has 0 unspecified atom stereocenters. The third kappa shape index (κ3) is 5.54. The topological polar surface area (TPSA) is 122 Å². The van der Waals surface area contributed by atoms with Gasteiger partial charge in [0, 0.05) is 16.7 Å². The van der Waals surface area contributed by atoms with Gasteiger partial charge in [0.25, 0.3) is 11.8 Å². The number of para-hydroxylation sites is 1. The third-order valence-electron chi connectivity index (χ3n) is 4.32. The van der Waals surface area contributed by atoms with E-state index < -0.39 is 35.2 Å². The number of rotatable bonds is 10. The number of amides is 2. The summed E-state index contributed by atoms with van der Waals surface area (Å²) >= 11 is 2.36. The van der Waals surface area contributed by atoms with Crippen molar-refractivity contribution >= 4 is 47.3 Å². The van der Waals surface area contributed by atoms with Crippen LogP contribution in [0.3, 0.4) is 0 Å². The van der Waals surface area contributed by atoms with Crippen LogP contribution in [-0.4, -0.2) is 64.1 Å². The Bertz CT molecular complexity index is 978. The minimum atomic E-state index is -1.26. The highest BCUT2D eigenvalue weighted by atomic mass is 32.2. The molecule has 1 saturated heterocycles. The lowest BCUT2D eigenvalue weighted by molar-refractivity contribution is -0.150. The van der Waals surface area contributed by atoms with Gasteiger partial charge in [-0.1, -0.05) is 42.6 Å². The maximum Gasteiger partial charge on any atom is 0.353 e. The van der Waals surface area contributed by atoms with Crippen LogP contribution < -0.4 is 10.1 Å². The van der Waals surface area contributed by atoms with Gasteiger partial charge in [0.15, 0.2) is 6.61 Å². The second-order valence-corrected chi connectivity index (χ2v) is 8.58. The molecule has 2 amide bonds. The number of nitrogens with zero attached hydrogens (tertiary/aromatic N) is 1. The number of benzene rings is 1. The van der Waals surface area contributed by atoms with E-state index in [1.54, 1.807) is 24.3 Å². The number of esters is 1. The third-order valence-corrected chi connectivity index (χ3v) is 6.68. The Kier molecular flexibility index (Phi) is 8.01. The highest BCUT2D eigenvalue weighted by Gasteiger charge is 2.54. The lowest BCUT2D eigenvalue weighted by atomic mass is 10.1. The zero-order valence-electron chi connectivity index (χ0n) is 16.8. The summed E-state index contributed by atoms with van der Waals surface area (Å²) in [6.07, 6.45) is 2.60. The lowest BCUT2D eigenvalue weighted by Crippen LogP contribution is -2.70. The predicted octanol–water partition coefficient (Wildman–Crippen LogP) is 1.74. The average molecular weight is 477 g/mol. The zero-order valence-corrected chi connectivity index (χ0v) is 18.4. The molecule has 0 aliphatic carbocycles. The first-order valence-electron chi connectivity index (χ1n) is 9.41. The average Bonchev–Trinajstić information content (AvgIpc) is 2.79. The number of carboxylic acids is 1. The van der Waals surface area contributed by atoms with E-state index in [1.165, 1.54) is 29.3 Å². The van der Waals surface area contributed by atoms with Crippen LogP contribution in [0.4, 0.5) is 0 Å². The Hall–Kier alpha value is -3.18. The molecule has 0 saturated carbocycles. The molecule has 168 valence electrons. The molecular weight excluding hydrogens is 456 g/mol. The van der Waals surface area contributed by atoms with Gasteiger partial charge < -0.3 is 19.9 Å². The van der Waals surface area contributed by atoms with Gasteiger partial charge in [0.2, 0.25) is 0 Å². The summed E-state index contributed by atoms with van der Waals surface area (Å²) in [5.74, 6) is -2.01. The fourth-order valence-electron chi connectivity index (χ4n) is 2.92. The maximum atomic E-state index is 12.6. The molecule has 2 N–H and O–H groups in total. The molecule has 1 aromatic carbocycles. The van der Waals surface area contributed by atoms with Crippen LogP contribution in [0, 0.1) is 0 Å². The van der Waals surface area contributed by atoms with Crippen LogP contribution in [-0.2, 0) is 23.9 Å². The van der Waals surface area contributed by atoms with Crippen molar-refractivity contribution in [3.05, 3.63) is 65.1 Å². The summed E-state index contributed by atoms with van der Waals surface area (Å²) < 4.78 is 10.2. The summed E-state index contributed by atoms with van der Waals surface area (Å²) in [6.45, 7) is 3.25. The molecule has 9 nitrogen and oxygen atoms in total. The molecule has 2 aliphatic heterocycles. The van der Waals surface area contributed by atoms with Gasteiger partial charge in [-0.3, -0.25) is 14.5 Å². The summed E-state index contributed by atoms with van der Waals surface area (Å²) in [5, 5.41) is 13.1. The smallest absolute Gasteiger partial charge is 0.353 e. The normalized spacial score (nSPS) is 19.8. The number of aliphatic carboxylic acids is 1. The van der Waals surface area contributed by atoms with Gasteiger partial charge in [0.1, 0.15) is 29.5 Å². The molecule has 1 fully saturated rings. The number of fused-ring (bicyclic) bond motifs is 1. The standard InChI is InChI=1S/C21H20N2O7S2/c1-2-9-29-16(25)8-10-31-14-12-32-20-17(19(26)23(20)18(14)21(27)28)22-15(24)11-30-13-6-4-3-5-7-13/h2-8,10,17,20H,1,9,11-12H2,(H,22,24)(H,27,28)/b10-8-/t17-,20-/m1/s1. The molecule has 2 aliphatic rings. The zero-order chi connectivity index (χ0) is 23.1. The number of carbonyl (C=O) groups excluding carboxylic acids is 3. The van der Waals surface area contributed by atoms with E-state index in [1.807, 2.05) is 6.07 Å². The summed E-state index contributed by atoms with van der Waals surface area (Å²) in [6, 6.07) is 7.94. The fourth-order valence-corrected chi connectivity index (χ4v) is 5.23. The Balaban J connectivity index is 1.60. The summed E-state index contributed by atoms with van der Waals surface area (Å²) in [7, 11) is 0. The fraction of sp³-hybridized carbons (Fsp3) is 0.238. The van der Waals surface area contributed by atoms with E-state index in [0.29, 0.717) is 16.4 Å². The second kappa shape index (κ2) is 10.9. The Labute approximate surface area is 192 Å². The lowest BCUT2D eigenvalue weighted by Gasteiger charge is -2.49. The van der Waals surface area contributed by atoms with Crippen LogP contribution in [0.2, 0.25) is 0 Å². The van der Waals surface area contributed by atoms with Crippen molar-refractivity contribution in [2.24, 2.45) is 0 Å². The van der Waals surface area contributed by atoms with Crippen LogP contribution in [0.25, 0.3) is 0 Å². The molecule has 0 aromatic heterocycles. The minimum absolute atomic E-state index is 0.0697. The number of hydrogen-bond donors (Lipinski definition) is 2. The quantitative estimate of drug-likeness (QED) is 0.225. The summed E-state index contributed by atoms with van der Waals surface area (Å²) in [4.78, 5) is 49.7. The maximum absolute atomic E-state index is 12.6. The molecule has 3 rings (SSSR count). The Morgan fingerprint density at radius 2 is 2.06 bits per heavy atom. The largest absolute Gasteiger partial charge is 0.484 e. The van der Waals surface area contributed by atoms with Gasteiger partial charge in [-0.15, -0.1) is 11.8 Å². The highest BCUT2D eigenvalue weighted by molar-refractivity contribution is 8.08. The second-order valence-electron chi connectivity index (χ2n) is 6.47. The van der Waals surface area contributed by atoms with Gasteiger partial charge >= 0.3 is 11.9 Å². The number of carboxylic acid groups (broad SMARTS) is 1. The molecule has 0 bridgehead atoms. The van der Waals surface area contributed by atoms with E-state index in [0.717, 1.165) is 16.7 Å². The van der Waals surface area contributed by atoms with Crippen LogP contribution in [0.5, 0.6) is 5.75 Å². The first-order chi connectivity index (χ1) is 15.4. The van der Waals surface area contributed by atoms with E-state index >= 15 is 0 Å². The van der Waals surface area contributed by atoms with Crippen molar-refractivity contribution in [1.82, 2.24) is 10.2 Å². The number of ether oxygens (including phenoxy) is 2. The van der Waals surface area contributed by atoms with Gasteiger partial charge in [-0.25, -0.2) is 9.59 Å². The minimum Gasteiger partial charge on any atom is -0.484 e.